The molecule has 1 aliphatic heterocycles. The topological polar surface area (TPSA) is 42.7 Å². The Morgan fingerprint density at radius 1 is 1.28 bits per heavy atom. The van der Waals surface area contributed by atoms with E-state index >= 15 is 0 Å². The van der Waals surface area contributed by atoms with E-state index in [9.17, 15) is 0 Å². The van der Waals surface area contributed by atoms with Crippen molar-refractivity contribution in [3.8, 4) is 0 Å². The van der Waals surface area contributed by atoms with Gasteiger partial charge in [-0.05, 0) is 31.0 Å². The molecule has 4 nitrogen and oxygen atoms in total. The van der Waals surface area contributed by atoms with Crippen LogP contribution in [0.4, 0.5) is 0 Å². The molecule has 0 aliphatic carbocycles. The van der Waals surface area contributed by atoms with Crippen molar-refractivity contribution in [1.29, 1.82) is 0 Å². The van der Waals surface area contributed by atoms with Crippen molar-refractivity contribution in [3.05, 3.63) is 48.3 Å². The molecule has 1 atom stereocenters. The molecular weight excluding hydrogens is 224 g/mol. The van der Waals surface area contributed by atoms with E-state index in [1.807, 2.05) is 24.8 Å². The van der Waals surface area contributed by atoms with Gasteiger partial charge < -0.3 is 9.88 Å². The maximum absolute atomic E-state index is 4.30. The fraction of sp³-hybridized carbons (Fsp3) is 0.429. The smallest absolute Gasteiger partial charge is 0.0951 e. The van der Waals surface area contributed by atoms with Crippen LogP contribution in [0, 0.1) is 0 Å². The van der Waals surface area contributed by atoms with E-state index in [1.54, 1.807) is 6.20 Å². The lowest BCUT2D eigenvalue weighted by atomic mass is 10.0. The molecule has 1 saturated heterocycles. The first-order valence-corrected chi connectivity index (χ1v) is 6.56. The van der Waals surface area contributed by atoms with Crippen molar-refractivity contribution in [3.63, 3.8) is 0 Å². The third-order valence-electron chi connectivity index (χ3n) is 3.49. The molecule has 4 heteroatoms. The van der Waals surface area contributed by atoms with Crippen LogP contribution in [0.25, 0.3) is 0 Å². The summed E-state index contributed by atoms with van der Waals surface area (Å²) in [7, 11) is 0. The maximum Gasteiger partial charge on any atom is 0.0951 e. The molecule has 0 radical (unpaired) electrons. The molecule has 2 aromatic heterocycles. The van der Waals surface area contributed by atoms with Crippen LogP contribution in [0.3, 0.4) is 0 Å². The summed E-state index contributed by atoms with van der Waals surface area (Å²) in [5, 5.41) is 3.57. The van der Waals surface area contributed by atoms with Gasteiger partial charge in [0.25, 0.3) is 0 Å². The first-order valence-electron chi connectivity index (χ1n) is 6.56. The molecule has 1 aliphatic rings. The number of rotatable bonds is 3. The maximum atomic E-state index is 4.30. The Bertz CT molecular complexity index is 486. The van der Waals surface area contributed by atoms with Crippen molar-refractivity contribution in [2.75, 3.05) is 6.54 Å². The molecule has 0 spiro atoms. The summed E-state index contributed by atoms with van der Waals surface area (Å²) in [5.74, 6) is 0. The highest BCUT2D eigenvalue weighted by Gasteiger charge is 2.18. The Morgan fingerprint density at radius 3 is 3.06 bits per heavy atom. The van der Waals surface area contributed by atoms with E-state index in [-0.39, 0.29) is 0 Å². The minimum atomic E-state index is 0.456. The lowest BCUT2D eigenvalue weighted by Crippen LogP contribution is -2.28. The molecule has 94 valence electrons. The van der Waals surface area contributed by atoms with Gasteiger partial charge in [0, 0.05) is 24.6 Å². The Kier molecular flexibility index (Phi) is 3.37. The second-order valence-electron chi connectivity index (χ2n) is 4.81. The lowest BCUT2D eigenvalue weighted by Gasteiger charge is -2.24. The Morgan fingerprint density at radius 2 is 2.28 bits per heavy atom. The van der Waals surface area contributed by atoms with Crippen LogP contribution in [-0.2, 0) is 6.54 Å². The van der Waals surface area contributed by atoms with Gasteiger partial charge in [-0.25, -0.2) is 4.98 Å². The zero-order valence-corrected chi connectivity index (χ0v) is 10.4. The number of piperidine rings is 1. The molecule has 1 unspecified atom stereocenters. The molecule has 18 heavy (non-hydrogen) atoms. The van der Waals surface area contributed by atoms with E-state index < -0.39 is 0 Å². The summed E-state index contributed by atoms with van der Waals surface area (Å²) in [6.07, 6.45) is 11.4. The molecule has 0 saturated carbocycles. The number of nitrogens with zero attached hydrogens (tertiary/aromatic N) is 3. The fourth-order valence-electron chi connectivity index (χ4n) is 2.55. The largest absolute Gasteiger partial charge is 0.329 e. The van der Waals surface area contributed by atoms with Crippen LogP contribution in [0.2, 0.25) is 0 Å². The predicted octanol–water partition coefficient (Wildman–Crippen LogP) is 2.14. The number of aromatic nitrogens is 3. The second kappa shape index (κ2) is 5.31. The molecule has 1 fully saturated rings. The second-order valence-corrected chi connectivity index (χ2v) is 4.81. The van der Waals surface area contributed by atoms with Gasteiger partial charge in [0.15, 0.2) is 0 Å². The number of nitrogens with one attached hydrogen (secondary N) is 1. The molecule has 1 N–H and O–H groups in total. The lowest BCUT2D eigenvalue weighted by molar-refractivity contribution is 0.396. The van der Waals surface area contributed by atoms with Crippen molar-refractivity contribution in [2.24, 2.45) is 0 Å². The molecular formula is C14H18N4. The highest BCUT2D eigenvalue weighted by atomic mass is 15.1. The van der Waals surface area contributed by atoms with Gasteiger partial charge in [-0.15, -0.1) is 0 Å². The Labute approximate surface area is 107 Å². The number of imidazole rings is 1. The Balaban J connectivity index is 1.78. The summed E-state index contributed by atoms with van der Waals surface area (Å²) in [4.78, 5) is 8.45. The standard InChI is InChI=1S/C14H18N4/c1-2-7-17-13(5-1)14-9-16-11-18(14)10-12-4-3-6-15-8-12/h3-4,6,8-9,11,13,17H,1-2,5,7,10H2. The average Bonchev–Trinajstić information content (AvgIpc) is 2.89. The summed E-state index contributed by atoms with van der Waals surface area (Å²) in [5.41, 5.74) is 2.51. The van der Waals surface area contributed by atoms with E-state index in [0.29, 0.717) is 6.04 Å². The van der Waals surface area contributed by atoms with Gasteiger partial charge in [0.2, 0.25) is 0 Å². The zero-order valence-electron chi connectivity index (χ0n) is 10.4. The van der Waals surface area contributed by atoms with Crippen LogP contribution >= 0.6 is 0 Å². The third-order valence-corrected chi connectivity index (χ3v) is 3.49. The summed E-state index contributed by atoms with van der Waals surface area (Å²) >= 11 is 0. The molecule has 3 heterocycles. The van der Waals surface area contributed by atoms with Gasteiger partial charge in [0.05, 0.1) is 18.6 Å². The van der Waals surface area contributed by atoms with Crippen LogP contribution < -0.4 is 5.32 Å². The number of pyridine rings is 1. The molecule has 0 amide bonds. The summed E-state index contributed by atoms with van der Waals surface area (Å²) < 4.78 is 2.22. The van der Waals surface area contributed by atoms with Gasteiger partial charge in [-0.1, -0.05) is 12.5 Å². The average molecular weight is 242 g/mol. The zero-order chi connectivity index (χ0) is 12.2. The predicted molar refractivity (Wildman–Crippen MR) is 70.2 cm³/mol. The van der Waals surface area contributed by atoms with E-state index in [4.69, 9.17) is 0 Å². The van der Waals surface area contributed by atoms with E-state index in [2.05, 4.69) is 25.9 Å². The normalized spacial score (nSPS) is 19.9. The molecule has 0 bridgehead atoms. The van der Waals surface area contributed by atoms with E-state index in [0.717, 1.165) is 13.1 Å². The van der Waals surface area contributed by atoms with Crippen LogP contribution in [0.1, 0.15) is 36.6 Å². The summed E-state index contributed by atoms with van der Waals surface area (Å²) in [6, 6.07) is 4.54. The van der Waals surface area contributed by atoms with Crippen LogP contribution in [0.5, 0.6) is 0 Å². The highest BCUT2D eigenvalue weighted by molar-refractivity contribution is 5.13. The minimum Gasteiger partial charge on any atom is -0.329 e. The van der Waals surface area contributed by atoms with Gasteiger partial charge >= 0.3 is 0 Å². The molecule has 2 aromatic rings. The molecule has 0 aromatic carbocycles. The fourth-order valence-corrected chi connectivity index (χ4v) is 2.55. The monoisotopic (exact) mass is 242 g/mol. The number of hydrogen-bond donors (Lipinski definition) is 1. The van der Waals surface area contributed by atoms with Crippen molar-refractivity contribution in [2.45, 2.75) is 31.8 Å². The first kappa shape index (κ1) is 11.4. The van der Waals surface area contributed by atoms with Gasteiger partial charge in [0.1, 0.15) is 0 Å². The first-order chi connectivity index (χ1) is 8.93. The highest BCUT2D eigenvalue weighted by Crippen LogP contribution is 2.23. The minimum absolute atomic E-state index is 0.456. The SMILES string of the molecule is c1cncc(Cn2cncc2C2CCCCN2)c1. The van der Waals surface area contributed by atoms with Crippen molar-refractivity contribution < 1.29 is 0 Å². The van der Waals surface area contributed by atoms with Crippen molar-refractivity contribution in [1.82, 2.24) is 19.9 Å². The molecule has 3 rings (SSSR count). The van der Waals surface area contributed by atoms with Gasteiger partial charge in [-0.2, -0.15) is 0 Å². The van der Waals surface area contributed by atoms with Crippen LogP contribution in [-0.4, -0.2) is 21.1 Å². The number of hydrogen-bond acceptors (Lipinski definition) is 3. The van der Waals surface area contributed by atoms with E-state index in [1.165, 1.54) is 30.5 Å². The Hall–Kier alpha value is -1.68. The van der Waals surface area contributed by atoms with Crippen LogP contribution in [0.15, 0.2) is 37.1 Å². The third kappa shape index (κ3) is 2.43. The quantitative estimate of drug-likeness (QED) is 0.896. The van der Waals surface area contributed by atoms with Crippen molar-refractivity contribution >= 4 is 0 Å². The van der Waals surface area contributed by atoms with Gasteiger partial charge in [-0.3, -0.25) is 4.98 Å². The summed E-state index contributed by atoms with van der Waals surface area (Å²) in [6.45, 7) is 1.96.